The molecule has 0 nitrogen and oxygen atoms in total. The van der Waals surface area contributed by atoms with Crippen LogP contribution in [0.4, 0.5) is 35.1 Å². The van der Waals surface area contributed by atoms with E-state index in [1.54, 1.807) is 0 Å². The molecule has 0 rings (SSSR count). The number of hydrogen-bond donors (Lipinski definition) is 0. The second-order valence-electron chi connectivity index (χ2n) is 3.13. The van der Waals surface area contributed by atoms with E-state index >= 15 is 0 Å². The van der Waals surface area contributed by atoms with Crippen molar-refractivity contribution in [3.63, 3.8) is 0 Å². The highest BCUT2D eigenvalue weighted by molar-refractivity contribution is 5.03. The zero-order chi connectivity index (χ0) is 12.7. The standard InChI is InChI=1S/C7H8F8/c1-3-5(9,10)6(11,12)4(2,8)7(13,14)15/h3H2,1-2H3. The van der Waals surface area contributed by atoms with Crippen molar-refractivity contribution < 1.29 is 35.1 Å². The Bertz CT molecular complexity index is 226. The Kier molecular flexibility index (Phi) is 3.35. The Hall–Kier alpha value is -0.560. The average molecular weight is 244 g/mol. The summed E-state index contributed by atoms with van der Waals surface area (Å²) in [5, 5.41) is 0. The molecular weight excluding hydrogens is 236 g/mol. The van der Waals surface area contributed by atoms with Crippen LogP contribution in [0.1, 0.15) is 20.3 Å². The van der Waals surface area contributed by atoms with Gasteiger partial charge in [-0.25, -0.2) is 4.39 Å². The number of rotatable bonds is 3. The number of halogens is 8. The molecule has 1 unspecified atom stereocenters. The van der Waals surface area contributed by atoms with Crippen molar-refractivity contribution in [1.82, 2.24) is 0 Å². The highest BCUT2D eigenvalue weighted by Gasteiger charge is 2.76. The summed E-state index contributed by atoms with van der Waals surface area (Å²) in [6, 6.07) is 0. The van der Waals surface area contributed by atoms with Gasteiger partial charge in [0.05, 0.1) is 0 Å². The summed E-state index contributed by atoms with van der Waals surface area (Å²) in [6.45, 7) is -0.0586. The minimum absolute atomic E-state index is 0.542. The molecule has 0 fully saturated rings. The van der Waals surface area contributed by atoms with Crippen LogP contribution in [-0.2, 0) is 0 Å². The van der Waals surface area contributed by atoms with Crippen molar-refractivity contribution in [2.24, 2.45) is 0 Å². The van der Waals surface area contributed by atoms with E-state index in [4.69, 9.17) is 0 Å². The summed E-state index contributed by atoms with van der Waals surface area (Å²) in [5.41, 5.74) is -5.26. The van der Waals surface area contributed by atoms with Gasteiger partial charge in [-0.1, -0.05) is 6.92 Å². The highest BCUT2D eigenvalue weighted by atomic mass is 19.4. The summed E-state index contributed by atoms with van der Waals surface area (Å²) in [6.07, 6.45) is -7.65. The normalized spacial score (nSPS) is 18.8. The van der Waals surface area contributed by atoms with Gasteiger partial charge in [-0.3, -0.25) is 0 Å². The van der Waals surface area contributed by atoms with Gasteiger partial charge >= 0.3 is 18.0 Å². The van der Waals surface area contributed by atoms with E-state index in [0.717, 1.165) is 0 Å². The van der Waals surface area contributed by atoms with E-state index in [9.17, 15) is 35.1 Å². The molecule has 0 saturated carbocycles. The van der Waals surface area contributed by atoms with Gasteiger partial charge in [0, 0.05) is 6.42 Å². The first-order valence-electron chi connectivity index (χ1n) is 3.82. The minimum Gasteiger partial charge on any atom is -0.227 e. The lowest BCUT2D eigenvalue weighted by atomic mass is 9.92. The molecule has 92 valence electrons. The molecule has 0 heterocycles. The van der Waals surface area contributed by atoms with Crippen molar-refractivity contribution in [3.05, 3.63) is 0 Å². The van der Waals surface area contributed by atoms with Crippen LogP contribution in [0.2, 0.25) is 0 Å². The summed E-state index contributed by atoms with van der Waals surface area (Å²) in [5.74, 6) is -10.8. The summed E-state index contributed by atoms with van der Waals surface area (Å²) in [7, 11) is 0. The average Bonchev–Trinajstić information content (AvgIpc) is 2.01. The number of hydrogen-bond acceptors (Lipinski definition) is 0. The second kappa shape index (κ2) is 3.48. The lowest BCUT2D eigenvalue weighted by molar-refractivity contribution is -0.347. The third kappa shape index (κ3) is 2.03. The Balaban J connectivity index is 5.38. The van der Waals surface area contributed by atoms with Gasteiger partial charge in [0.1, 0.15) is 0 Å². The van der Waals surface area contributed by atoms with Gasteiger partial charge in [-0.05, 0) is 6.92 Å². The quantitative estimate of drug-likeness (QED) is 0.659. The van der Waals surface area contributed by atoms with E-state index in [1.165, 1.54) is 0 Å². The summed E-state index contributed by atoms with van der Waals surface area (Å²) >= 11 is 0. The summed E-state index contributed by atoms with van der Waals surface area (Å²) < 4.78 is 98.3. The molecule has 1 atom stereocenters. The molecule has 0 N–H and O–H groups in total. The predicted octanol–water partition coefficient (Wildman–Crippen LogP) is 3.96. The molecule has 0 aliphatic rings. The molecule has 8 heteroatoms. The second-order valence-corrected chi connectivity index (χ2v) is 3.13. The molecular formula is C7H8F8. The lowest BCUT2D eigenvalue weighted by Crippen LogP contribution is -2.61. The fourth-order valence-electron chi connectivity index (χ4n) is 0.743. The molecule has 0 aliphatic carbocycles. The Morgan fingerprint density at radius 1 is 0.800 bits per heavy atom. The third-order valence-corrected chi connectivity index (χ3v) is 2.03. The van der Waals surface area contributed by atoms with Crippen molar-refractivity contribution in [1.29, 1.82) is 0 Å². The lowest BCUT2D eigenvalue weighted by Gasteiger charge is -2.36. The molecule has 0 bridgehead atoms. The van der Waals surface area contributed by atoms with Crippen LogP contribution in [0.15, 0.2) is 0 Å². The molecule has 0 amide bonds. The van der Waals surface area contributed by atoms with Crippen LogP contribution >= 0.6 is 0 Å². The molecule has 0 aliphatic heterocycles. The zero-order valence-corrected chi connectivity index (χ0v) is 7.73. The van der Waals surface area contributed by atoms with Crippen LogP contribution in [-0.4, -0.2) is 23.7 Å². The molecule has 15 heavy (non-hydrogen) atoms. The molecule has 0 spiro atoms. The molecule has 0 radical (unpaired) electrons. The Labute approximate surface area is 80.3 Å². The fraction of sp³-hybridized carbons (Fsp3) is 1.00. The van der Waals surface area contributed by atoms with Crippen molar-refractivity contribution in [3.8, 4) is 0 Å². The maximum absolute atomic E-state index is 12.7. The molecule has 0 aromatic carbocycles. The van der Waals surface area contributed by atoms with Crippen LogP contribution < -0.4 is 0 Å². The monoisotopic (exact) mass is 244 g/mol. The van der Waals surface area contributed by atoms with E-state index in [-0.39, 0.29) is 0 Å². The Morgan fingerprint density at radius 3 is 1.33 bits per heavy atom. The molecule has 0 aromatic heterocycles. The first kappa shape index (κ1) is 14.4. The topological polar surface area (TPSA) is 0 Å². The van der Waals surface area contributed by atoms with E-state index < -0.39 is 37.0 Å². The molecule has 0 saturated heterocycles. The third-order valence-electron chi connectivity index (χ3n) is 2.03. The maximum atomic E-state index is 12.7. The largest absolute Gasteiger partial charge is 0.428 e. The van der Waals surface area contributed by atoms with E-state index in [2.05, 4.69) is 0 Å². The van der Waals surface area contributed by atoms with Gasteiger partial charge in [-0.15, -0.1) is 0 Å². The predicted molar refractivity (Wildman–Crippen MR) is 35.8 cm³/mol. The van der Waals surface area contributed by atoms with Gasteiger partial charge in [-0.2, -0.15) is 30.7 Å². The van der Waals surface area contributed by atoms with Crippen molar-refractivity contribution >= 4 is 0 Å². The van der Waals surface area contributed by atoms with Gasteiger partial charge in [0.15, 0.2) is 0 Å². The van der Waals surface area contributed by atoms with Crippen molar-refractivity contribution in [2.75, 3.05) is 0 Å². The maximum Gasteiger partial charge on any atom is 0.428 e. The molecule has 0 aromatic rings. The highest BCUT2D eigenvalue weighted by Crippen LogP contribution is 2.52. The van der Waals surface area contributed by atoms with Crippen LogP contribution in [0.5, 0.6) is 0 Å². The van der Waals surface area contributed by atoms with Crippen molar-refractivity contribution in [2.45, 2.75) is 44.0 Å². The van der Waals surface area contributed by atoms with Crippen LogP contribution in [0.3, 0.4) is 0 Å². The van der Waals surface area contributed by atoms with Gasteiger partial charge in [0.25, 0.3) is 5.67 Å². The number of alkyl halides is 8. The zero-order valence-electron chi connectivity index (χ0n) is 7.73. The van der Waals surface area contributed by atoms with Gasteiger partial charge in [0.2, 0.25) is 0 Å². The Morgan fingerprint density at radius 2 is 1.13 bits per heavy atom. The van der Waals surface area contributed by atoms with Crippen LogP contribution in [0.25, 0.3) is 0 Å². The van der Waals surface area contributed by atoms with E-state index in [1.807, 2.05) is 0 Å². The first-order chi connectivity index (χ1) is 6.31. The SMILES string of the molecule is CCC(F)(F)C(F)(F)C(C)(F)C(F)(F)F. The fourth-order valence-corrected chi connectivity index (χ4v) is 0.743. The van der Waals surface area contributed by atoms with E-state index in [0.29, 0.717) is 6.92 Å². The minimum atomic E-state index is -6.06. The first-order valence-corrected chi connectivity index (χ1v) is 3.82. The van der Waals surface area contributed by atoms with Gasteiger partial charge < -0.3 is 0 Å². The van der Waals surface area contributed by atoms with Crippen LogP contribution in [0, 0.1) is 0 Å². The summed E-state index contributed by atoms with van der Waals surface area (Å²) in [4.78, 5) is 0. The smallest absolute Gasteiger partial charge is 0.227 e.